The second-order valence-corrected chi connectivity index (χ2v) is 5.38. The van der Waals surface area contributed by atoms with Crippen molar-refractivity contribution < 1.29 is 9.53 Å². The standard InChI is InChI=1S/C11H14BrNO2S/c1-8-2-5-16-10(8)11(14)13-3-4-15-7-9(13)6-12/h2,5,9H,3-4,6-7H2,1H3. The first-order chi connectivity index (χ1) is 7.74. The molecule has 0 bridgehead atoms. The number of amides is 1. The topological polar surface area (TPSA) is 29.5 Å². The molecular formula is C11H14BrNO2S. The van der Waals surface area contributed by atoms with Crippen LogP contribution in [0, 0.1) is 6.92 Å². The Kier molecular flexibility index (Phi) is 4.00. The van der Waals surface area contributed by atoms with Crippen molar-refractivity contribution in [2.24, 2.45) is 0 Å². The zero-order valence-electron chi connectivity index (χ0n) is 9.11. The molecule has 1 aromatic rings. The van der Waals surface area contributed by atoms with Gasteiger partial charge in [0.25, 0.3) is 5.91 Å². The Morgan fingerprint density at radius 3 is 3.19 bits per heavy atom. The molecule has 1 amide bonds. The van der Waals surface area contributed by atoms with Crippen LogP contribution in [0.25, 0.3) is 0 Å². The maximum atomic E-state index is 12.3. The first-order valence-corrected chi connectivity index (χ1v) is 7.23. The molecule has 0 N–H and O–H groups in total. The Morgan fingerprint density at radius 1 is 1.75 bits per heavy atom. The highest BCUT2D eigenvalue weighted by Gasteiger charge is 2.28. The van der Waals surface area contributed by atoms with Crippen molar-refractivity contribution in [3.63, 3.8) is 0 Å². The molecule has 1 unspecified atom stereocenters. The molecule has 3 nitrogen and oxygen atoms in total. The van der Waals surface area contributed by atoms with E-state index in [1.165, 1.54) is 11.3 Å². The summed E-state index contributed by atoms with van der Waals surface area (Å²) in [5.41, 5.74) is 1.06. The minimum atomic E-state index is 0.139. The summed E-state index contributed by atoms with van der Waals surface area (Å²) in [6.45, 7) is 3.93. The summed E-state index contributed by atoms with van der Waals surface area (Å²) in [6.07, 6.45) is 0. The van der Waals surface area contributed by atoms with E-state index in [0.717, 1.165) is 15.8 Å². The molecular weight excluding hydrogens is 290 g/mol. The Hall–Kier alpha value is -0.390. The number of hydrogen-bond donors (Lipinski definition) is 0. The molecule has 1 saturated heterocycles. The van der Waals surface area contributed by atoms with Crippen molar-refractivity contribution in [3.05, 3.63) is 21.9 Å². The third-order valence-corrected chi connectivity index (χ3v) is 4.47. The number of rotatable bonds is 2. The monoisotopic (exact) mass is 303 g/mol. The van der Waals surface area contributed by atoms with Crippen LogP contribution in [0.1, 0.15) is 15.2 Å². The van der Waals surface area contributed by atoms with Gasteiger partial charge in [0.2, 0.25) is 0 Å². The highest BCUT2D eigenvalue weighted by molar-refractivity contribution is 9.09. The fourth-order valence-corrected chi connectivity index (χ4v) is 3.19. The molecule has 1 aromatic heterocycles. The molecule has 2 rings (SSSR count). The molecule has 0 spiro atoms. The minimum Gasteiger partial charge on any atom is -0.377 e. The average Bonchev–Trinajstić information content (AvgIpc) is 2.74. The summed E-state index contributed by atoms with van der Waals surface area (Å²) in [5.74, 6) is 0.139. The summed E-state index contributed by atoms with van der Waals surface area (Å²) in [4.78, 5) is 15.1. The van der Waals surface area contributed by atoms with Gasteiger partial charge in [-0.1, -0.05) is 15.9 Å². The lowest BCUT2D eigenvalue weighted by molar-refractivity contribution is 0.00549. The second-order valence-electron chi connectivity index (χ2n) is 3.81. The van der Waals surface area contributed by atoms with Gasteiger partial charge in [-0.3, -0.25) is 4.79 Å². The van der Waals surface area contributed by atoms with Gasteiger partial charge in [-0.15, -0.1) is 11.3 Å². The fourth-order valence-electron chi connectivity index (χ4n) is 1.77. The van der Waals surface area contributed by atoms with E-state index in [0.29, 0.717) is 19.8 Å². The van der Waals surface area contributed by atoms with Crippen LogP contribution in [-0.2, 0) is 4.74 Å². The highest BCUT2D eigenvalue weighted by Crippen LogP contribution is 2.21. The zero-order chi connectivity index (χ0) is 11.5. The Labute approximate surface area is 108 Å². The van der Waals surface area contributed by atoms with Gasteiger partial charge in [-0.25, -0.2) is 0 Å². The smallest absolute Gasteiger partial charge is 0.264 e. The van der Waals surface area contributed by atoms with E-state index in [-0.39, 0.29) is 11.9 Å². The number of morpholine rings is 1. The van der Waals surface area contributed by atoms with Gasteiger partial charge in [0.05, 0.1) is 24.1 Å². The Balaban J connectivity index is 2.17. The molecule has 1 aliphatic heterocycles. The van der Waals surface area contributed by atoms with Crippen LogP contribution < -0.4 is 0 Å². The van der Waals surface area contributed by atoms with Gasteiger partial charge in [-0.2, -0.15) is 0 Å². The van der Waals surface area contributed by atoms with Gasteiger partial charge >= 0.3 is 0 Å². The third-order valence-electron chi connectivity index (χ3n) is 2.72. The summed E-state index contributed by atoms with van der Waals surface area (Å²) in [5, 5.41) is 2.73. The minimum absolute atomic E-state index is 0.139. The number of nitrogens with zero attached hydrogens (tertiary/aromatic N) is 1. The number of alkyl halides is 1. The maximum Gasteiger partial charge on any atom is 0.264 e. The Bertz CT molecular complexity index is 380. The van der Waals surface area contributed by atoms with E-state index in [1.54, 1.807) is 0 Å². The van der Waals surface area contributed by atoms with Crippen LogP contribution in [0.5, 0.6) is 0 Å². The van der Waals surface area contributed by atoms with Crippen LogP contribution >= 0.6 is 27.3 Å². The third kappa shape index (κ3) is 2.31. The molecule has 1 atom stereocenters. The normalized spacial score (nSPS) is 21.1. The predicted molar refractivity (Wildman–Crippen MR) is 68.5 cm³/mol. The van der Waals surface area contributed by atoms with Gasteiger partial charge in [-0.05, 0) is 23.9 Å². The number of ether oxygens (including phenoxy) is 1. The lowest BCUT2D eigenvalue weighted by atomic mass is 10.2. The van der Waals surface area contributed by atoms with Crippen molar-refractivity contribution in [2.75, 3.05) is 25.1 Å². The molecule has 0 aliphatic carbocycles. The Morgan fingerprint density at radius 2 is 2.56 bits per heavy atom. The number of halogens is 1. The van der Waals surface area contributed by atoms with Crippen LogP contribution in [0.4, 0.5) is 0 Å². The van der Waals surface area contributed by atoms with Gasteiger partial charge in [0.1, 0.15) is 0 Å². The maximum absolute atomic E-state index is 12.3. The molecule has 16 heavy (non-hydrogen) atoms. The van der Waals surface area contributed by atoms with Crippen molar-refractivity contribution in [3.8, 4) is 0 Å². The van der Waals surface area contributed by atoms with E-state index in [1.807, 2.05) is 23.3 Å². The largest absolute Gasteiger partial charge is 0.377 e. The van der Waals surface area contributed by atoms with E-state index in [9.17, 15) is 4.79 Å². The number of hydrogen-bond acceptors (Lipinski definition) is 3. The van der Waals surface area contributed by atoms with Crippen molar-refractivity contribution >= 4 is 33.2 Å². The lowest BCUT2D eigenvalue weighted by Gasteiger charge is -2.34. The molecule has 0 aromatic carbocycles. The van der Waals surface area contributed by atoms with E-state index in [4.69, 9.17) is 4.74 Å². The van der Waals surface area contributed by atoms with Crippen molar-refractivity contribution in [1.82, 2.24) is 4.90 Å². The van der Waals surface area contributed by atoms with Crippen molar-refractivity contribution in [2.45, 2.75) is 13.0 Å². The molecule has 1 aliphatic rings. The van der Waals surface area contributed by atoms with Crippen molar-refractivity contribution in [1.29, 1.82) is 0 Å². The summed E-state index contributed by atoms with van der Waals surface area (Å²) < 4.78 is 5.38. The molecule has 1 fully saturated rings. The van der Waals surface area contributed by atoms with E-state index < -0.39 is 0 Å². The highest BCUT2D eigenvalue weighted by atomic mass is 79.9. The summed E-state index contributed by atoms with van der Waals surface area (Å²) in [7, 11) is 0. The number of aryl methyl sites for hydroxylation is 1. The van der Waals surface area contributed by atoms with Crippen LogP contribution in [0.15, 0.2) is 11.4 Å². The molecule has 5 heteroatoms. The van der Waals surface area contributed by atoms with Crippen LogP contribution in [0.3, 0.4) is 0 Å². The predicted octanol–water partition coefficient (Wildman–Crippen LogP) is 2.29. The van der Waals surface area contributed by atoms with Gasteiger partial charge in [0.15, 0.2) is 0 Å². The van der Waals surface area contributed by atoms with E-state index >= 15 is 0 Å². The number of carbonyl (C=O) groups is 1. The molecule has 0 radical (unpaired) electrons. The average molecular weight is 304 g/mol. The first-order valence-electron chi connectivity index (χ1n) is 5.23. The molecule has 2 heterocycles. The van der Waals surface area contributed by atoms with Crippen LogP contribution in [0.2, 0.25) is 0 Å². The van der Waals surface area contributed by atoms with Gasteiger partial charge < -0.3 is 9.64 Å². The molecule has 88 valence electrons. The second kappa shape index (κ2) is 5.29. The number of thiophene rings is 1. The van der Waals surface area contributed by atoms with Gasteiger partial charge in [0, 0.05) is 11.9 Å². The van der Waals surface area contributed by atoms with Crippen LogP contribution in [-0.4, -0.2) is 41.9 Å². The lowest BCUT2D eigenvalue weighted by Crippen LogP contribution is -2.49. The zero-order valence-corrected chi connectivity index (χ0v) is 11.5. The number of carbonyl (C=O) groups excluding carboxylic acids is 1. The fraction of sp³-hybridized carbons (Fsp3) is 0.545. The van der Waals surface area contributed by atoms with E-state index in [2.05, 4.69) is 15.9 Å². The summed E-state index contributed by atoms with van der Waals surface area (Å²) in [6, 6.07) is 2.14. The molecule has 0 saturated carbocycles. The quantitative estimate of drug-likeness (QED) is 0.785. The summed E-state index contributed by atoms with van der Waals surface area (Å²) >= 11 is 4.95. The SMILES string of the molecule is Cc1ccsc1C(=O)N1CCOCC1CBr. The first kappa shape index (κ1) is 12.1.